The van der Waals surface area contributed by atoms with Gasteiger partial charge in [0, 0.05) is 12.6 Å². The van der Waals surface area contributed by atoms with E-state index in [1.807, 2.05) is 73.7 Å². The second-order valence-corrected chi connectivity index (χ2v) is 9.29. The third-order valence-corrected chi connectivity index (χ3v) is 6.71. The topological polar surface area (TPSA) is 55.2 Å². The van der Waals surface area contributed by atoms with E-state index in [0.717, 1.165) is 11.1 Å². The van der Waals surface area contributed by atoms with Crippen LogP contribution in [0.3, 0.4) is 0 Å². The first-order valence-electron chi connectivity index (χ1n) is 12.9. The number of halogens is 1. The molecule has 0 bridgehead atoms. The molecule has 5 rings (SSSR count). The highest BCUT2D eigenvalue weighted by Gasteiger charge is 2.26. The molecular formula is C33H28FN3O2. The van der Waals surface area contributed by atoms with Crippen LogP contribution >= 0.6 is 0 Å². The Balaban J connectivity index is 1.59. The Kier molecular flexibility index (Phi) is 7.73. The zero-order valence-electron chi connectivity index (χ0n) is 21.6. The van der Waals surface area contributed by atoms with Gasteiger partial charge in [-0.1, -0.05) is 72.8 Å². The second-order valence-electron chi connectivity index (χ2n) is 9.29. The quantitative estimate of drug-likeness (QED) is 0.225. The predicted octanol–water partition coefficient (Wildman–Crippen LogP) is 6.37. The highest BCUT2D eigenvalue weighted by atomic mass is 19.1. The van der Waals surface area contributed by atoms with Gasteiger partial charge in [-0.25, -0.2) is 9.37 Å². The fourth-order valence-corrected chi connectivity index (χ4v) is 4.63. The number of carbonyl (C=O) groups excluding carboxylic acids is 1. The van der Waals surface area contributed by atoms with Crippen molar-refractivity contribution in [2.24, 2.45) is 0 Å². The van der Waals surface area contributed by atoms with Gasteiger partial charge in [-0.2, -0.15) is 0 Å². The zero-order chi connectivity index (χ0) is 27.2. The minimum absolute atomic E-state index is 0.199. The van der Waals surface area contributed by atoms with Crippen LogP contribution in [-0.4, -0.2) is 26.9 Å². The molecule has 5 nitrogen and oxygen atoms in total. The molecule has 5 aromatic rings. The van der Waals surface area contributed by atoms with Crippen LogP contribution in [0.15, 0.2) is 120 Å². The van der Waals surface area contributed by atoms with Crippen LogP contribution in [0, 0.1) is 5.82 Å². The molecule has 1 unspecified atom stereocenters. The van der Waals surface area contributed by atoms with Gasteiger partial charge in [0.05, 0.1) is 22.6 Å². The summed E-state index contributed by atoms with van der Waals surface area (Å²) >= 11 is 0. The molecule has 0 saturated carbocycles. The summed E-state index contributed by atoms with van der Waals surface area (Å²) in [5.74, 6) is -0.198. The SMILES string of the molecule is CC(c1nc2ccccc2c(=O)n1-c1ccc(F)cc1)N(CCc1ccccc1)C(=O)/C=C/c1ccccc1. The molecular weight excluding hydrogens is 489 g/mol. The number of fused-ring (bicyclic) bond motifs is 1. The van der Waals surface area contributed by atoms with Crippen molar-refractivity contribution in [2.45, 2.75) is 19.4 Å². The van der Waals surface area contributed by atoms with E-state index in [1.165, 1.54) is 16.7 Å². The van der Waals surface area contributed by atoms with Gasteiger partial charge < -0.3 is 4.90 Å². The third kappa shape index (κ3) is 5.85. The molecule has 6 heteroatoms. The standard InChI is InChI=1S/C33H28FN3O2/c1-24(32-35-30-15-9-8-14-29(30)33(39)37(32)28-19-17-27(34)18-20-28)36(23-22-26-12-6-3-7-13-26)31(38)21-16-25-10-4-2-5-11-25/h2-21,24H,22-23H2,1H3/b21-16+. The first kappa shape index (κ1) is 25.8. The lowest BCUT2D eigenvalue weighted by Crippen LogP contribution is -2.38. The monoisotopic (exact) mass is 517 g/mol. The molecule has 1 amide bonds. The number of nitrogens with zero attached hydrogens (tertiary/aromatic N) is 3. The summed E-state index contributed by atoms with van der Waals surface area (Å²) < 4.78 is 15.3. The van der Waals surface area contributed by atoms with Crippen LogP contribution in [-0.2, 0) is 11.2 Å². The largest absolute Gasteiger partial charge is 0.329 e. The summed E-state index contributed by atoms with van der Waals surface area (Å²) in [5.41, 5.74) is 2.75. The summed E-state index contributed by atoms with van der Waals surface area (Å²) in [6, 6.07) is 31.8. The number of aromatic nitrogens is 2. The van der Waals surface area contributed by atoms with Crippen LogP contribution in [0.2, 0.25) is 0 Å². The van der Waals surface area contributed by atoms with Gasteiger partial charge in [0.2, 0.25) is 5.91 Å². The Morgan fingerprint density at radius 1 is 0.897 bits per heavy atom. The Morgan fingerprint density at radius 3 is 2.26 bits per heavy atom. The van der Waals surface area contributed by atoms with Crippen molar-refractivity contribution in [1.82, 2.24) is 14.5 Å². The predicted molar refractivity (Wildman–Crippen MR) is 153 cm³/mol. The normalized spacial score (nSPS) is 12.1. The molecule has 0 aliphatic carbocycles. The lowest BCUT2D eigenvalue weighted by molar-refractivity contribution is -0.128. The number of para-hydroxylation sites is 1. The molecule has 0 aliphatic rings. The number of carbonyl (C=O) groups is 1. The maximum atomic E-state index is 13.8. The van der Waals surface area contributed by atoms with Gasteiger partial charge >= 0.3 is 0 Å². The van der Waals surface area contributed by atoms with Gasteiger partial charge in [-0.05, 0) is 66.9 Å². The Morgan fingerprint density at radius 2 is 1.54 bits per heavy atom. The smallest absolute Gasteiger partial charge is 0.266 e. The van der Waals surface area contributed by atoms with Crippen molar-refractivity contribution >= 4 is 22.9 Å². The average Bonchev–Trinajstić information content (AvgIpc) is 2.98. The van der Waals surface area contributed by atoms with Crippen molar-refractivity contribution in [3.63, 3.8) is 0 Å². The van der Waals surface area contributed by atoms with Crippen LogP contribution in [0.5, 0.6) is 0 Å². The first-order chi connectivity index (χ1) is 19.0. The molecule has 39 heavy (non-hydrogen) atoms. The summed E-state index contributed by atoms with van der Waals surface area (Å²) in [6.07, 6.45) is 3.97. The summed E-state index contributed by atoms with van der Waals surface area (Å²) in [5, 5.41) is 0.448. The van der Waals surface area contributed by atoms with Crippen LogP contribution < -0.4 is 5.56 Å². The number of hydrogen-bond acceptors (Lipinski definition) is 3. The minimum atomic E-state index is -0.566. The second kappa shape index (κ2) is 11.7. The molecule has 0 N–H and O–H groups in total. The highest BCUT2D eigenvalue weighted by Crippen LogP contribution is 2.24. The van der Waals surface area contributed by atoms with Crippen molar-refractivity contribution in [1.29, 1.82) is 0 Å². The average molecular weight is 518 g/mol. The third-order valence-electron chi connectivity index (χ3n) is 6.71. The molecule has 1 heterocycles. The van der Waals surface area contributed by atoms with Gasteiger partial charge in [0.1, 0.15) is 11.6 Å². The van der Waals surface area contributed by atoms with Gasteiger partial charge in [0.25, 0.3) is 5.56 Å². The van der Waals surface area contributed by atoms with Gasteiger partial charge in [-0.3, -0.25) is 14.2 Å². The Bertz CT molecular complexity index is 1660. The number of hydrogen-bond donors (Lipinski definition) is 0. The van der Waals surface area contributed by atoms with Gasteiger partial charge in [0.15, 0.2) is 0 Å². The lowest BCUT2D eigenvalue weighted by atomic mass is 10.1. The molecule has 0 saturated heterocycles. The van der Waals surface area contributed by atoms with Crippen molar-refractivity contribution in [2.75, 3.05) is 6.54 Å². The van der Waals surface area contributed by atoms with Crippen molar-refractivity contribution in [3.05, 3.63) is 148 Å². The molecule has 1 aromatic heterocycles. The Hall–Kier alpha value is -4.84. The Labute approximate surface area is 226 Å². The van der Waals surface area contributed by atoms with E-state index >= 15 is 0 Å². The summed E-state index contributed by atoms with van der Waals surface area (Å²) in [6.45, 7) is 2.28. The van der Waals surface area contributed by atoms with Crippen molar-refractivity contribution < 1.29 is 9.18 Å². The van der Waals surface area contributed by atoms with Gasteiger partial charge in [-0.15, -0.1) is 0 Å². The maximum absolute atomic E-state index is 13.8. The number of amides is 1. The van der Waals surface area contributed by atoms with E-state index in [2.05, 4.69) is 0 Å². The maximum Gasteiger partial charge on any atom is 0.266 e. The van der Waals surface area contributed by atoms with Crippen molar-refractivity contribution in [3.8, 4) is 5.69 Å². The molecule has 0 aliphatic heterocycles. The minimum Gasteiger partial charge on any atom is -0.329 e. The molecule has 4 aromatic carbocycles. The highest BCUT2D eigenvalue weighted by molar-refractivity contribution is 5.92. The lowest BCUT2D eigenvalue weighted by Gasteiger charge is -2.30. The molecule has 0 radical (unpaired) electrons. The first-order valence-corrected chi connectivity index (χ1v) is 12.9. The van der Waals surface area contributed by atoms with E-state index in [9.17, 15) is 14.0 Å². The summed E-state index contributed by atoms with van der Waals surface area (Å²) in [7, 11) is 0. The zero-order valence-corrected chi connectivity index (χ0v) is 21.6. The van der Waals surface area contributed by atoms with E-state index in [-0.39, 0.29) is 11.5 Å². The molecule has 0 fully saturated rings. The van der Waals surface area contributed by atoms with E-state index in [1.54, 1.807) is 47.4 Å². The van der Waals surface area contributed by atoms with Crippen LogP contribution in [0.1, 0.15) is 29.9 Å². The number of benzene rings is 4. The fraction of sp³-hybridized carbons (Fsp3) is 0.121. The van der Waals surface area contributed by atoms with E-state index in [0.29, 0.717) is 35.4 Å². The molecule has 1 atom stereocenters. The summed E-state index contributed by atoms with van der Waals surface area (Å²) in [4.78, 5) is 34.0. The van der Waals surface area contributed by atoms with E-state index in [4.69, 9.17) is 4.98 Å². The fourth-order valence-electron chi connectivity index (χ4n) is 4.63. The molecule has 194 valence electrons. The van der Waals surface area contributed by atoms with E-state index < -0.39 is 11.9 Å². The number of rotatable bonds is 8. The van der Waals surface area contributed by atoms with Crippen LogP contribution in [0.4, 0.5) is 4.39 Å². The molecule has 0 spiro atoms. The van der Waals surface area contributed by atoms with Crippen LogP contribution in [0.25, 0.3) is 22.7 Å².